The van der Waals surface area contributed by atoms with Gasteiger partial charge in [0.05, 0.1) is 12.6 Å². The number of likely N-dealkylation sites (tertiary alicyclic amines) is 1. The number of carbonyl (C=O) groups is 2. The summed E-state index contributed by atoms with van der Waals surface area (Å²) in [6.45, 7) is 13.3. The topological polar surface area (TPSA) is 129 Å². The molecule has 1 aliphatic heterocycles. The van der Waals surface area contributed by atoms with Gasteiger partial charge in [0.25, 0.3) is 12.3 Å². The van der Waals surface area contributed by atoms with Crippen LogP contribution in [-0.2, 0) is 16.8 Å². The Labute approximate surface area is 225 Å². The molecule has 0 spiro atoms. The molecule has 5 N–H and O–H groups in total. The molecule has 0 aliphatic carbocycles. The summed E-state index contributed by atoms with van der Waals surface area (Å²) in [7, 11) is 0. The number of halogens is 3. The van der Waals surface area contributed by atoms with Crippen molar-refractivity contribution in [3.63, 3.8) is 0 Å². The zero-order chi connectivity index (χ0) is 28.5. The van der Waals surface area contributed by atoms with Gasteiger partial charge in [-0.3, -0.25) is 15.0 Å². The maximum atomic E-state index is 14.0. The number of imidazole rings is 1. The van der Waals surface area contributed by atoms with Crippen LogP contribution in [0, 0.1) is 5.41 Å². The molecule has 1 aliphatic rings. The van der Waals surface area contributed by atoms with Gasteiger partial charge in [-0.1, -0.05) is 39.0 Å². The Balaban J connectivity index is 1.85. The maximum absolute atomic E-state index is 14.0. The fourth-order valence-electron chi connectivity index (χ4n) is 4.33. The van der Waals surface area contributed by atoms with E-state index in [-0.39, 0.29) is 60.4 Å². The molecule has 2 heterocycles. The van der Waals surface area contributed by atoms with Crippen LogP contribution in [0.2, 0.25) is 5.02 Å². The molecule has 206 valence electrons. The Morgan fingerprint density at radius 2 is 1.95 bits per heavy atom. The van der Waals surface area contributed by atoms with E-state index in [4.69, 9.17) is 22.7 Å². The molecule has 1 aromatic heterocycles. The standard InChI is InChI=1S/C26H34ClF2N7O2/c1-7-20(37)35-11-14(12-35)33-25(38)22-21(23(28)29)34-19(36(22)13(2)3)10-32-24(31)15-8-16(26(4,5)6)17(27)9-18(15)30/h7-9,13-14,23H,1,10-12,30H2,2-6H3,(H2,31,32)(H,33,38). The minimum absolute atomic E-state index is 0.0333. The fraction of sp³-hybridized carbons (Fsp3) is 0.462. The number of hydrogen-bond acceptors (Lipinski definition) is 5. The van der Waals surface area contributed by atoms with Gasteiger partial charge in [-0.25, -0.2) is 13.8 Å². The number of amides is 2. The van der Waals surface area contributed by atoms with Gasteiger partial charge >= 0.3 is 0 Å². The minimum Gasteiger partial charge on any atom is -0.398 e. The third-order valence-corrected chi connectivity index (χ3v) is 6.60. The number of amidine groups is 1. The summed E-state index contributed by atoms with van der Waals surface area (Å²) in [5.74, 6) is -0.821. The molecule has 3 rings (SSSR count). The number of nitrogens with two attached hydrogens (primary N) is 1. The molecule has 1 aromatic carbocycles. The van der Waals surface area contributed by atoms with E-state index >= 15 is 0 Å². The van der Waals surface area contributed by atoms with Gasteiger partial charge in [0.1, 0.15) is 23.0 Å². The average molecular weight is 550 g/mol. The van der Waals surface area contributed by atoms with E-state index < -0.39 is 18.0 Å². The first-order valence-electron chi connectivity index (χ1n) is 12.2. The van der Waals surface area contributed by atoms with Crippen LogP contribution in [0.15, 0.2) is 24.8 Å². The molecule has 2 amide bonds. The highest BCUT2D eigenvalue weighted by molar-refractivity contribution is 6.32. The lowest BCUT2D eigenvalue weighted by atomic mass is 9.85. The number of carbonyl (C=O) groups excluding carboxylic acids is 2. The van der Waals surface area contributed by atoms with Crippen molar-refractivity contribution < 1.29 is 18.4 Å². The molecule has 9 nitrogen and oxygen atoms in total. The van der Waals surface area contributed by atoms with Crippen LogP contribution >= 0.6 is 11.6 Å². The Kier molecular flexibility index (Phi) is 8.50. The molecule has 0 saturated carbocycles. The number of anilines is 1. The van der Waals surface area contributed by atoms with Crippen LogP contribution in [0.25, 0.3) is 0 Å². The van der Waals surface area contributed by atoms with Crippen molar-refractivity contribution in [1.82, 2.24) is 25.1 Å². The molecule has 0 radical (unpaired) electrons. The van der Waals surface area contributed by atoms with Gasteiger partial charge in [-0.15, -0.1) is 0 Å². The van der Waals surface area contributed by atoms with Gasteiger partial charge in [0.2, 0.25) is 5.91 Å². The number of nitrogens with zero attached hydrogens (tertiary/aromatic N) is 3. The summed E-state index contributed by atoms with van der Waals surface area (Å²) >= 11 is 6.36. The molecule has 0 unspecified atom stereocenters. The second-order valence-corrected chi connectivity index (χ2v) is 10.9. The fourth-order valence-corrected chi connectivity index (χ4v) is 4.79. The summed E-state index contributed by atoms with van der Waals surface area (Å²) in [4.78, 5) is 30.3. The van der Waals surface area contributed by atoms with Gasteiger partial charge in [-0.05, 0) is 43.0 Å². The molecular weight excluding hydrogens is 516 g/mol. The van der Waals surface area contributed by atoms with Gasteiger partial charge in [0, 0.05) is 35.4 Å². The molecule has 2 aromatic rings. The zero-order valence-corrected chi connectivity index (χ0v) is 22.9. The minimum atomic E-state index is -2.99. The van der Waals surface area contributed by atoms with Gasteiger partial charge in [-0.2, -0.15) is 0 Å². The number of nitrogen functional groups attached to an aromatic ring is 1. The molecule has 38 heavy (non-hydrogen) atoms. The number of benzene rings is 1. The van der Waals surface area contributed by atoms with Crippen LogP contribution in [-0.4, -0.2) is 51.2 Å². The van der Waals surface area contributed by atoms with E-state index in [0.717, 1.165) is 5.56 Å². The number of hydrogen-bond donors (Lipinski definition) is 4. The number of nitrogens with one attached hydrogen (secondary N) is 3. The Morgan fingerprint density at radius 3 is 2.47 bits per heavy atom. The number of rotatable bonds is 8. The van der Waals surface area contributed by atoms with Crippen LogP contribution in [0.3, 0.4) is 0 Å². The highest BCUT2D eigenvalue weighted by atomic mass is 35.5. The second kappa shape index (κ2) is 11.1. The van der Waals surface area contributed by atoms with E-state index in [9.17, 15) is 18.4 Å². The smallest absolute Gasteiger partial charge is 0.282 e. The summed E-state index contributed by atoms with van der Waals surface area (Å²) in [6.07, 6.45) is -1.81. The van der Waals surface area contributed by atoms with Crippen molar-refractivity contribution >= 4 is 34.9 Å². The van der Waals surface area contributed by atoms with Crippen molar-refractivity contribution in [2.75, 3.05) is 18.8 Å². The van der Waals surface area contributed by atoms with Crippen molar-refractivity contribution in [3.8, 4) is 0 Å². The third-order valence-electron chi connectivity index (χ3n) is 6.29. The second-order valence-electron chi connectivity index (χ2n) is 10.5. The van der Waals surface area contributed by atoms with Crippen molar-refractivity contribution in [1.29, 1.82) is 5.41 Å². The highest BCUT2D eigenvalue weighted by Gasteiger charge is 2.34. The first-order chi connectivity index (χ1) is 17.6. The van der Waals surface area contributed by atoms with Gasteiger partial charge in [0.15, 0.2) is 0 Å². The van der Waals surface area contributed by atoms with E-state index in [1.54, 1.807) is 26.0 Å². The monoisotopic (exact) mass is 549 g/mol. The molecule has 0 atom stereocenters. The van der Waals surface area contributed by atoms with Crippen molar-refractivity contribution in [2.24, 2.45) is 0 Å². The lowest BCUT2D eigenvalue weighted by molar-refractivity contribution is -0.130. The molecule has 0 bridgehead atoms. The van der Waals surface area contributed by atoms with E-state index in [2.05, 4.69) is 22.2 Å². The van der Waals surface area contributed by atoms with Crippen molar-refractivity contribution in [3.05, 3.63) is 58.1 Å². The van der Waals surface area contributed by atoms with Crippen LogP contribution in [0.4, 0.5) is 14.5 Å². The van der Waals surface area contributed by atoms with E-state index in [0.29, 0.717) is 16.3 Å². The highest BCUT2D eigenvalue weighted by Crippen LogP contribution is 2.33. The summed E-state index contributed by atoms with van der Waals surface area (Å²) < 4.78 is 29.4. The summed E-state index contributed by atoms with van der Waals surface area (Å²) in [6, 6.07) is 2.58. The van der Waals surface area contributed by atoms with E-state index in [1.807, 2.05) is 20.8 Å². The summed E-state index contributed by atoms with van der Waals surface area (Å²) in [5.41, 5.74) is 6.47. The maximum Gasteiger partial charge on any atom is 0.282 e. The predicted molar refractivity (Wildman–Crippen MR) is 144 cm³/mol. The first kappa shape index (κ1) is 29.1. The first-order valence-corrected chi connectivity index (χ1v) is 12.6. The van der Waals surface area contributed by atoms with Crippen LogP contribution in [0.5, 0.6) is 0 Å². The molecule has 12 heteroatoms. The van der Waals surface area contributed by atoms with Crippen molar-refractivity contribution in [2.45, 2.75) is 65.1 Å². The third kappa shape index (κ3) is 5.98. The molecular formula is C26H34ClF2N7O2. The molecule has 1 fully saturated rings. The lowest BCUT2D eigenvalue weighted by Crippen LogP contribution is -2.60. The predicted octanol–water partition coefficient (Wildman–Crippen LogP) is 4.18. The SMILES string of the molecule is C=CC(=O)N1CC(NC(=O)c2c(C(F)F)nc(CNC(=N)c3cc(C(C)(C)C)c(Cl)cc3N)n2C(C)C)C1. The van der Waals surface area contributed by atoms with Crippen LogP contribution in [0.1, 0.15) is 80.2 Å². The Morgan fingerprint density at radius 1 is 1.32 bits per heavy atom. The molecule has 1 saturated heterocycles. The summed E-state index contributed by atoms with van der Waals surface area (Å²) in [5, 5.41) is 14.7. The average Bonchev–Trinajstić information content (AvgIpc) is 3.18. The lowest BCUT2D eigenvalue weighted by Gasteiger charge is -2.39. The zero-order valence-electron chi connectivity index (χ0n) is 22.2. The van der Waals surface area contributed by atoms with Crippen LogP contribution < -0.4 is 16.4 Å². The number of aromatic nitrogens is 2. The Hall–Kier alpha value is -3.47. The largest absolute Gasteiger partial charge is 0.398 e. The normalized spacial score (nSPS) is 14.0. The quantitative estimate of drug-likeness (QED) is 0.170. The number of alkyl halides is 2. The van der Waals surface area contributed by atoms with Gasteiger partial charge < -0.3 is 25.8 Å². The Bertz CT molecular complexity index is 1260. The van der Waals surface area contributed by atoms with E-state index in [1.165, 1.54) is 15.5 Å².